The van der Waals surface area contributed by atoms with E-state index in [4.69, 9.17) is 0 Å². The molecule has 0 fully saturated rings. The molecule has 0 saturated carbocycles. The Morgan fingerprint density at radius 1 is 1.29 bits per heavy atom. The number of halogens is 1. The van der Waals surface area contributed by atoms with E-state index in [1.807, 2.05) is 21.5 Å². The Bertz CT molecular complexity index is 816. The van der Waals surface area contributed by atoms with E-state index in [1.54, 1.807) is 18.3 Å². The molecule has 1 aromatic carbocycles. The van der Waals surface area contributed by atoms with Gasteiger partial charge < -0.3 is 15.0 Å². The summed E-state index contributed by atoms with van der Waals surface area (Å²) in [5.74, 6) is 0.399. The summed E-state index contributed by atoms with van der Waals surface area (Å²) >= 11 is 0. The molecule has 1 aliphatic rings. The highest BCUT2D eigenvalue weighted by Gasteiger charge is 2.20. The maximum absolute atomic E-state index is 13.2. The van der Waals surface area contributed by atoms with Gasteiger partial charge >= 0.3 is 0 Å². The average molecular weight is 327 g/mol. The van der Waals surface area contributed by atoms with Gasteiger partial charge in [0.15, 0.2) is 5.82 Å². The molecule has 0 radical (unpaired) electrons. The van der Waals surface area contributed by atoms with Crippen LogP contribution in [0.3, 0.4) is 0 Å². The molecule has 24 heavy (non-hydrogen) atoms. The van der Waals surface area contributed by atoms with Crippen molar-refractivity contribution in [2.75, 3.05) is 13.2 Å². The van der Waals surface area contributed by atoms with Crippen molar-refractivity contribution in [2.24, 2.45) is 0 Å². The second-order valence-corrected chi connectivity index (χ2v) is 5.83. The van der Waals surface area contributed by atoms with Crippen LogP contribution in [0.4, 0.5) is 4.39 Å². The smallest absolute Gasteiger partial charge is 0.161 e. The molecule has 3 aromatic rings. The number of aliphatic hydroxyl groups is 1. The van der Waals surface area contributed by atoms with Crippen LogP contribution < -0.4 is 5.32 Å². The van der Waals surface area contributed by atoms with Crippen LogP contribution in [0.5, 0.6) is 0 Å². The van der Waals surface area contributed by atoms with Gasteiger partial charge in [-0.2, -0.15) is 5.10 Å². The van der Waals surface area contributed by atoms with Gasteiger partial charge in [0.05, 0.1) is 24.9 Å². The molecule has 0 aliphatic carbocycles. The minimum atomic E-state index is -0.333. The van der Waals surface area contributed by atoms with Gasteiger partial charge in [0.1, 0.15) is 11.5 Å². The number of aromatic nitrogens is 4. The van der Waals surface area contributed by atoms with Crippen LogP contribution >= 0.6 is 0 Å². The fourth-order valence-corrected chi connectivity index (χ4v) is 3.10. The number of fused-ring (bicyclic) bond motifs is 1. The minimum Gasteiger partial charge on any atom is -0.394 e. The van der Waals surface area contributed by atoms with E-state index in [2.05, 4.69) is 15.4 Å². The molecular weight excluding hydrogens is 309 g/mol. The third-order valence-electron chi connectivity index (χ3n) is 4.33. The third-order valence-corrected chi connectivity index (χ3v) is 4.33. The zero-order valence-electron chi connectivity index (χ0n) is 13.1. The highest BCUT2D eigenvalue weighted by Crippen LogP contribution is 2.26. The predicted molar refractivity (Wildman–Crippen MR) is 86.8 cm³/mol. The van der Waals surface area contributed by atoms with Gasteiger partial charge in [-0.15, -0.1) is 0 Å². The van der Waals surface area contributed by atoms with Gasteiger partial charge in [0, 0.05) is 25.5 Å². The molecule has 0 saturated heterocycles. The van der Waals surface area contributed by atoms with Crippen LogP contribution in [-0.4, -0.2) is 37.6 Å². The number of aliphatic hydroxyl groups excluding tert-OH is 1. The number of imidazole rings is 1. The van der Waals surface area contributed by atoms with E-state index in [-0.39, 0.29) is 18.5 Å². The highest BCUT2D eigenvalue weighted by atomic mass is 19.1. The van der Waals surface area contributed by atoms with Gasteiger partial charge in [-0.1, -0.05) is 12.1 Å². The van der Waals surface area contributed by atoms with E-state index < -0.39 is 0 Å². The Kier molecular flexibility index (Phi) is 3.87. The van der Waals surface area contributed by atoms with E-state index in [1.165, 1.54) is 12.1 Å². The lowest BCUT2D eigenvalue weighted by atomic mass is 10.1. The zero-order chi connectivity index (χ0) is 16.5. The lowest BCUT2D eigenvalue weighted by Crippen LogP contribution is -2.28. The Morgan fingerprint density at radius 2 is 2.12 bits per heavy atom. The first kappa shape index (κ1) is 15.0. The van der Waals surface area contributed by atoms with Crippen molar-refractivity contribution in [3.63, 3.8) is 0 Å². The average Bonchev–Trinajstić information content (AvgIpc) is 3.23. The summed E-state index contributed by atoms with van der Waals surface area (Å²) in [4.78, 5) is 4.42. The summed E-state index contributed by atoms with van der Waals surface area (Å²) in [5.41, 5.74) is 2.72. The van der Waals surface area contributed by atoms with Crippen LogP contribution in [0, 0.1) is 5.82 Å². The Hall–Kier alpha value is -2.51. The van der Waals surface area contributed by atoms with E-state index in [9.17, 15) is 9.50 Å². The monoisotopic (exact) mass is 327 g/mol. The Labute approximate surface area is 138 Å². The first-order chi connectivity index (χ1) is 11.8. The molecule has 1 unspecified atom stereocenters. The molecule has 7 heteroatoms. The fraction of sp³-hybridized carbons (Fsp3) is 0.294. The molecule has 0 amide bonds. The summed E-state index contributed by atoms with van der Waals surface area (Å²) in [7, 11) is 0. The van der Waals surface area contributed by atoms with Crippen LogP contribution in [0.1, 0.15) is 17.3 Å². The van der Waals surface area contributed by atoms with Crippen LogP contribution in [0.15, 0.2) is 42.7 Å². The van der Waals surface area contributed by atoms with Crippen LogP contribution in [-0.2, 0) is 13.1 Å². The summed E-state index contributed by atoms with van der Waals surface area (Å²) in [5, 5.41) is 17.8. The van der Waals surface area contributed by atoms with E-state index >= 15 is 0 Å². The summed E-state index contributed by atoms with van der Waals surface area (Å²) in [6, 6.07) is 7.85. The van der Waals surface area contributed by atoms with Crippen molar-refractivity contribution in [3.05, 3.63) is 59.8 Å². The molecule has 2 aromatic heterocycles. The summed E-state index contributed by atoms with van der Waals surface area (Å²) in [6.45, 7) is 2.41. The van der Waals surface area contributed by atoms with Gasteiger partial charge in [-0.25, -0.2) is 9.37 Å². The van der Waals surface area contributed by atoms with Gasteiger partial charge in [0.25, 0.3) is 0 Å². The molecular formula is C17H18FN5O. The molecule has 0 spiro atoms. The van der Waals surface area contributed by atoms with Crippen molar-refractivity contribution in [2.45, 2.75) is 19.1 Å². The van der Waals surface area contributed by atoms with Crippen molar-refractivity contribution >= 4 is 0 Å². The standard InChI is InChI=1S/C17H18FN5O/c18-13-3-1-12(2-4-13)16(11-24)22-7-6-20-17(22)15-9-14-10-19-5-8-23(14)21-15/h1-4,6-7,9,16,19,24H,5,8,10-11H2. The molecule has 1 aliphatic heterocycles. The molecule has 3 heterocycles. The fourth-order valence-electron chi connectivity index (χ4n) is 3.10. The summed E-state index contributed by atoms with van der Waals surface area (Å²) < 4.78 is 17.0. The Morgan fingerprint density at radius 3 is 2.88 bits per heavy atom. The first-order valence-electron chi connectivity index (χ1n) is 7.93. The topological polar surface area (TPSA) is 67.9 Å². The minimum absolute atomic E-state index is 0.107. The van der Waals surface area contributed by atoms with E-state index in [0.29, 0.717) is 5.82 Å². The molecule has 4 rings (SSSR count). The quantitative estimate of drug-likeness (QED) is 0.763. The number of nitrogens with one attached hydrogen (secondary N) is 1. The van der Waals surface area contributed by atoms with Gasteiger partial charge in [0.2, 0.25) is 0 Å². The zero-order valence-corrected chi connectivity index (χ0v) is 13.1. The summed E-state index contributed by atoms with van der Waals surface area (Å²) in [6.07, 6.45) is 3.51. The number of nitrogens with zero attached hydrogens (tertiary/aromatic N) is 4. The molecule has 124 valence electrons. The number of benzene rings is 1. The van der Waals surface area contributed by atoms with Gasteiger partial charge in [-0.05, 0) is 23.8 Å². The van der Waals surface area contributed by atoms with Gasteiger partial charge in [-0.3, -0.25) is 4.68 Å². The number of rotatable bonds is 4. The lowest BCUT2D eigenvalue weighted by molar-refractivity contribution is 0.250. The number of hydrogen-bond acceptors (Lipinski definition) is 4. The van der Waals surface area contributed by atoms with Crippen LogP contribution in [0.25, 0.3) is 11.5 Å². The normalized spacial score (nSPS) is 15.2. The lowest BCUT2D eigenvalue weighted by Gasteiger charge is -2.18. The maximum atomic E-state index is 13.2. The molecule has 6 nitrogen and oxygen atoms in total. The predicted octanol–water partition coefficient (Wildman–Crippen LogP) is 1.57. The third kappa shape index (κ3) is 2.61. The highest BCUT2D eigenvalue weighted by molar-refractivity contribution is 5.51. The molecule has 1 atom stereocenters. The van der Waals surface area contributed by atoms with Crippen molar-refractivity contribution in [1.29, 1.82) is 0 Å². The first-order valence-corrected chi connectivity index (χ1v) is 7.93. The second kappa shape index (κ2) is 6.18. The maximum Gasteiger partial charge on any atom is 0.161 e. The largest absolute Gasteiger partial charge is 0.394 e. The van der Waals surface area contributed by atoms with Crippen LogP contribution in [0.2, 0.25) is 0 Å². The van der Waals surface area contributed by atoms with E-state index in [0.717, 1.165) is 36.6 Å². The Balaban J connectivity index is 1.73. The SMILES string of the molecule is OCC(c1ccc(F)cc1)n1ccnc1-c1cc2n(n1)CCNC2. The van der Waals surface area contributed by atoms with Crippen molar-refractivity contribution < 1.29 is 9.50 Å². The second-order valence-electron chi connectivity index (χ2n) is 5.83. The molecule has 0 bridgehead atoms. The van der Waals surface area contributed by atoms with Crippen molar-refractivity contribution in [1.82, 2.24) is 24.6 Å². The molecule has 2 N–H and O–H groups in total. The number of hydrogen-bond donors (Lipinski definition) is 2. The van der Waals surface area contributed by atoms with Crippen molar-refractivity contribution in [3.8, 4) is 11.5 Å².